The Hall–Kier alpha value is -2.47. The Morgan fingerprint density at radius 2 is 2.05 bits per heavy atom. The molecular formula is C15H14N4OS. The fourth-order valence-electron chi connectivity index (χ4n) is 2.34. The maximum Gasteiger partial charge on any atom is 0.173 e. The third-order valence-corrected chi connectivity index (χ3v) is 4.07. The molecule has 1 heterocycles. The quantitative estimate of drug-likeness (QED) is 0.256. The summed E-state index contributed by atoms with van der Waals surface area (Å²) in [6.45, 7) is 0. The highest BCUT2D eigenvalue weighted by molar-refractivity contribution is 7.98. The molecule has 0 amide bonds. The molecule has 0 fully saturated rings. The van der Waals surface area contributed by atoms with E-state index >= 15 is 0 Å². The van der Waals surface area contributed by atoms with E-state index in [2.05, 4.69) is 10.3 Å². The summed E-state index contributed by atoms with van der Waals surface area (Å²) in [6, 6.07) is 13.7. The van der Waals surface area contributed by atoms with E-state index < -0.39 is 0 Å². The molecule has 106 valence electrons. The first-order valence-electron chi connectivity index (χ1n) is 6.34. The van der Waals surface area contributed by atoms with Crippen LogP contribution in [0.25, 0.3) is 16.6 Å². The molecule has 21 heavy (non-hydrogen) atoms. The highest BCUT2D eigenvalue weighted by Crippen LogP contribution is 2.28. The maximum atomic E-state index is 9.07. The van der Waals surface area contributed by atoms with Crippen molar-refractivity contribution in [1.29, 1.82) is 0 Å². The van der Waals surface area contributed by atoms with Gasteiger partial charge in [0, 0.05) is 10.3 Å². The van der Waals surface area contributed by atoms with Gasteiger partial charge in [-0.3, -0.25) is 0 Å². The number of nitrogens with two attached hydrogens (primary N) is 1. The summed E-state index contributed by atoms with van der Waals surface area (Å²) in [6.07, 6.45) is 3.76. The molecule has 3 aromatic rings. The van der Waals surface area contributed by atoms with Crippen LogP contribution in [0.3, 0.4) is 0 Å². The SMILES string of the molecule is CSc1cccc(-n2ncc3ccccc32)c1/C(N)=N/O. The number of nitrogens with zero attached hydrogens (tertiary/aromatic N) is 3. The van der Waals surface area contributed by atoms with Gasteiger partial charge in [-0.15, -0.1) is 11.8 Å². The topological polar surface area (TPSA) is 76.4 Å². The van der Waals surface area contributed by atoms with Crippen LogP contribution in [-0.2, 0) is 0 Å². The van der Waals surface area contributed by atoms with Gasteiger partial charge >= 0.3 is 0 Å². The Morgan fingerprint density at radius 1 is 1.24 bits per heavy atom. The molecule has 6 heteroatoms. The number of para-hydroxylation sites is 1. The average molecular weight is 298 g/mol. The summed E-state index contributed by atoms with van der Waals surface area (Å²) in [7, 11) is 0. The smallest absolute Gasteiger partial charge is 0.173 e. The number of benzene rings is 2. The van der Waals surface area contributed by atoms with Gasteiger partial charge in [-0.1, -0.05) is 29.4 Å². The zero-order valence-electron chi connectivity index (χ0n) is 11.4. The Balaban J connectivity index is 2.32. The summed E-state index contributed by atoms with van der Waals surface area (Å²) in [5.41, 5.74) is 8.31. The molecule has 0 aliphatic rings. The van der Waals surface area contributed by atoms with Crippen LogP contribution in [0.5, 0.6) is 0 Å². The molecule has 1 aromatic heterocycles. The van der Waals surface area contributed by atoms with E-state index in [4.69, 9.17) is 10.9 Å². The minimum atomic E-state index is 0.0783. The molecule has 3 N–H and O–H groups in total. The van der Waals surface area contributed by atoms with E-state index in [0.29, 0.717) is 5.56 Å². The number of rotatable bonds is 3. The van der Waals surface area contributed by atoms with Gasteiger partial charge in [0.1, 0.15) is 0 Å². The monoisotopic (exact) mass is 298 g/mol. The van der Waals surface area contributed by atoms with Crippen LogP contribution in [0.1, 0.15) is 5.56 Å². The molecule has 0 saturated heterocycles. The van der Waals surface area contributed by atoms with Crippen molar-refractivity contribution in [3.8, 4) is 5.69 Å². The molecule has 5 nitrogen and oxygen atoms in total. The van der Waals surface area contributed by atoms with Crippen LogP contribution in [0.4, 0.5) is 0 Å². The second-order valence-electron chi connectivity index (χ2n) is 4.45. The van der Waals surface area contributed by atoms with Gasteiger partial charge in [-0.05, 0) is 24.5 Å². The second-order valence-corrected chi connectivity index (χ2v) is 5.30. The van der Waals surface area contributed by atoms with Crippen molar-refractivity contribution in [2.24, 2.45) is 10.9 Å². The van der Waals surface area contributed by atoms with Crippen LogP contribution in [0.2, 0.25) is 0 Å². The van der Waals surface area contributed by atoms with Crippen molar-refractivity contribution in [1.82, 2.24) is 9.78 Å². The van der Waals surface area contributed by atoms with Crippen molar-refractivity contribution in [2.45, 2.75) is 4.90 Å². The number of amidine groups is 1. The molecule has 0 aliphatic heterocycles. The maximum absolute atomic E-state index is 9.07. The van der Waals surface area contributed by atoms with Crippen LogP contribution < -0.4 is 5.73 Å². The molecule has 0 radical (unpaired) electrons. The number of aromatic nitrogens is 2. The van der Waals surface area contributed by atoms with E-state index in [0.717, 1.165) is 21.5 Å². The molecular weight excluding hydrogens is 284 g/mol. The number of thioether (sulfide) groups is 1. The minimum Gasteiger partial charge on any atom is -0.409 e. The van der Waals surface area contributed by atoms with E-state index in [9.17, 15) is 0 Å². The molecule has 0 aliphatic carbocycles. The van der Waals surface area contributed by atoms with Crippen LogP contribution in [-0.4, -0.2) is 27.1 Å². The summed E-state index contributed by atoms with van der Waals surface area (Å²) in [4.78, 5) is 0.933. The first kappa shape index (κ1) is 13.5. The molecule has 0 atom stereocenters. The van der Waals surface area contributed by atoms with Gasteiger partial charge < -0.3 is 10.9 Å². The number of oxime groups is 1. The molecule has 2 aromatic carbocycles. The average Bonchev–Trinajstić information content (AvgIpc) is 2.97. The number of hydrogen-bond acceptors (Lipinski definition) is 4. The number of hydrogen-bond donors (Lipinski definition) is 2. The summed E-state index contributed by atoms with van der Waals surface area (Å²) < 4.78 is 1.81. The van der Waals surface area contributed by atoms with Gasteiger partial charge in [-0.25, -0.2) is 4.68 Å². The van der Waals surface area contributed by atoms with Crippen LogP contribution >= 0.6 is 11.8 Å². The predicted octanol–water partition coefficient (Wildman–Crippen LogP) is 2.84. The van der Waals surface area contributed by atoms with Crippen molar-refractivity contribution < 1.29 is 5.21 Å². The first-order chi connectivity index (χ1) is 10.3. The fourth-order valence-corrected chi connectivity index (χ4v) is 2.97. The molecule has 0 saturated carbocycles. The van der Waals surface area contributed by atoms with E-state index in [-0.39, 0.29) is 5.84 Å². The highest BCUT2D eigenvalue weighted by atomic mass is 32.2. The number of fused-ring (bicyclic) bond motifs is 1. The Labute approximate surface area is 126 Å². The molecule has 0 spiro atoms. The zero-order chi connectivity index (χ0) is 14.8. The predicted molar refractivity (Wildman–Crippen MR) is 85.4 cm³/mol. The Kier molecular flexibility index (Phi) is 3.53. The van der Waals surface area contributed by atoms with Gasteiger partial charge in [0.05, 0.1) is 23.0 Å². The zero-order valence-corrected chi connectivity index (χ0v) is 12.2. The van der Waals surface area contributed by atoms with Crippen molar-refractivity contribution in [2.75, 3.05) is 6.26 Å². The lowest BCUT2D eigenvalue weighted by atomic mass is 10.1. The molecule has 3 rings (SSSR count). The molecule has 0 unspecified atom stereocenters. The first-order valence-corrected chi connectivity index (χ1v) is 7.56. The van der Waals surface area contributed by atoms with Crippen molar-refractivity contribution in [3.63, 3.8) is 0 Å². The molecule has 0 bridgehead atoms. The van der Waals surface area contributed by atoms with Gasteiger partial charge in [0.15, 0.2) is 5.84 Å². The Bertz CT molecular complexity index is 825. The van der Waals surface area contributed by atoms with Crippen LogP contribution in [0, 0.1) is 0 Å². The van der Waals surface area contributed by atoms with Gasteiger partial charge in [0.2, 0.25) is 0 Å². The largest absolute Gasteiger partial charge is 0.409 e. The third-order valence-electron chi connectivity index (χ3n) is 3.29. The highest BCUT2D eigenvalue weighted by Gasteiger charge is 2.16. The van der Waals surface area contributed by atoms with Crippen molar-refractivity contribution >= 4 is 28.5 Å². The standard InChI is InChI=1S/C15H14N4OS/c1-21-13-8-4-7-12(14(13)15(16)18-20)19-11-6-3-2-5-10(11)9-17-19/h2-9,20H,1H3,(H2,16,18). The summed E-state index contributed by atoms with van der Waals surface area (Å²) >= 11 is 1.54. The van der Waals surface area contributed by atoms with E-state index in [1.54, 1.807) is 18.0 Å². The second kappa shape index (κ2) is 5.49. The fraction of sp³-hybridized carbons (Fsp3) is 0.0667. The third kappa shape index (κ3) is 2.23. The summed E-state index contributed by atoms with van der Waals surface area (Å²) in [5, 5.41) is 17.7. The van der Waals surface area contributed by atoms with E-state index in [1.165, 1.54) is 0 Å². The van der Waals surface area contributed by atoms with E-state index in [1.807, 2.05) is 53.4 Å². The van der Waals surface area contributed by atoms with Gasteiger partial charge in [-0.2, -0.15) is 5.10 Å². The lowest BCUT2D eigenvalue weighted by molar-refractivity contribution is 0.318. The van der Waals surface area contributed by atoms with Crippen molar-refractivity contribution in [3.05, 3.63) is 54.2 Å². The minimum absolute atomic E-state index is 0.0783. The summed E-state index contributed by atoms with van der Waals surface area (Å²) in [5.74, 6) is 0.0783. The van der Waals surface area contributed by atoms with Gasteiger partial charge in [0.25, 0.3) is 0 Å². The lowest BCUT2D eigenvalue weighted by Gasteiger charge is -2.13. The normalized spacial score (nSPS) is 12.0. The van der Waals surface area contributed by atoms with Crippen LogP contribution in [0.15, 0.2) is 58.7 Å². The Morgan fingerprint density at radius 3 is 2.81 bits per heavy atom. The lowest BCUT2D eigenvalue weighted by Crippen LogP contribution is -2.18.